The fraction of sp³-hybridized carbons (Fsp3) is 0.0417. The van der Waals surface area contributed by atoms with E-state index in [4.69, 9.17) is 28.6 Å². The number of ether oxygens (including phenoxy) is 1. The van der Waals surface area contributed by atoms with Crippen molar-refractivity contribution in [2.24, 2.45) is 0 Å². The van der Waals surface area contributed by atoms with Gasteiger partial charge in [-0.2, -0.15) is 0 Å². The summed E-state index contributed by atoms with van der Waals surface area (Å²) in [5.74, 6) is 0.0662. The Morgan fingerprint density at radius 2 is 1.81 bits per heavy atom. The number of nitrogens with one attached hydrogen (secondary N) is 1. The Labute approximate surface area is 200 Å². The van der Waals surface area contributed by atoms with E-state index in [0.717, 1.165) is 5.56 Å². The largest absolute Gasteiger partial charge is 0.484 e. The zero-order valence-corrected chi connectivity index (χ0v) is 19.0. The molecule has 1 N–H and O–H groups in total. The number of hydrogen-bond donors (Lipinski definition) is 1. The van der Waals surface area contributed by atoms with Gasteiger partial charge in [0.25, 0.3) is 11.8 Å². The number of nitrogens with zero attached hydrogens (tertiary/aromatic N) is 1. The zero-order valence-electron chi connectivity index (χ0n) is 16.7. The molecule has 0 unspecified atom stereocenters. The highest BCUT2D eigenvalue weighted by atomic mass is 35.5. The van der Waals surface area contributed by atoms with Gasteiger partial charge in [0.15, 0.2) is 10.9 Å². The van der Waals surface area contributed by atoms with Crippen LogP contribution in [0.5, 0.6) is 5.75 Å². The summed E-state index contributed by atoms with van der Waals surface area (Å²) in [7, 11) is 0. The third-order valence-corrected chi connectivity index (χ3v) is 6.02. The molecule has 0 spiro atoms. The van der Waals surface area contributed by atoms with E-state index in [1.165, 1.54) is 16.7 Å². The predicted molar refractivity (Wildman–Crippen MR) is 134 cm³/mol. The number of carbonyl (C=O) groups excluding carboxylic acids is 2. The van der Waals surface area contributed by atoms with Crippen LogP contribution in [0.4, 0.5) is 11.4 Å². The summed E-state index contributed by atoms with van der Waals surface area (Å²) in [6.45, 7) is -0.128. The summed E-state index contributed by atoms with van der Waals surface area (Å²) in [6, 6.07) is 23.3. The Balaban J connectivity index is 1.43. The molecule has 8 heteroatoms. The molecule has 5 nitrogen and oxygen atoms in total. The van der Waals surface area contributed by atoms with Crippen LogP contribution in [-0.2, 0) is 9.59 Å². The molecule has 0 aliphatic carbocycles. The average molecular weight is 481 g/mol. The van der Waals surface area contributed by atoms with Crippen molar-refractivity contribution in [3.8, 4) is 5.75 Å². The van der Waals surface area contributed by atoms with Gasteiger partial charge in [0.1, 0.15) is 5.75 Å². The predicted octanol–water partition coefficient (Wildman–Crippen LogP) is 5.76. The summed E-state index contributed by atoms with van der Waals surface area (Å²) >= 11 is 12.6. The molecule has 1 heterocycles. The van der Waals surface area contributed by atoms with Gasteiger partial charge in [0.05, 0.1) is 10.6 Å². The molecule has 0 saturated carbocycles. The van der Waals surface area contributed by atoms with E-state index < -0.39 is 0 Å². The number of amides is 2. The monoisotopic (exact) mass is 480 g/mol. The lowest BCUT2D eigenvalue weighted by atomic mass is 10.2. The van der Waals surface area contributed by atoms with E-state index in [1.807, 2.05) is 24.3 Å². The Morgan fingerprint density at radius 3 is 2.56 bits per heavy atom. The molecule has 4 rings (SSSR count). The number of para-hydroxylation sites is 1. The van der Waals surface area contributed by atoms with Crippen molar-refractivity contribution in [1.82, 2.24) is 0 Å². The Kier molecular flexibility index (Phi) is 6.90. The Hall–Kier alpha value is -3.13. The third kappa shape index (κ3) is 5.37. The van der Waals surface area contributed by atoms with Crippen molar-refractivity contribution in [1.29, 1.82) is 0 Å². The molecule has 1 aliphatic rings. The molecule has 0 bridgehead atoms. The van der Waals surface area contributed by atoms with Crippen LogP contribution >= 0.6 is 35.6 Å². The molecule has 3 aromatic carbocycles. The van der Waals surface area contributed by atoms with Crippen molar-refractivity contribution >= 4 is 69.2 Å². The van der Waals surface area contributed by atoms with Gasteiger partial charge in [0, 0.05) is 10.7 Å². The quantitative estimate of drug-likeness (QED) is 0.359. The molecule has 32 heavy (non-hydrogen) atoms. The summed E-state index contributed by atoms with van der Waals surface area (Å²) in [5.41, 5.74) is 2.14. The van der Waals surface area contributed by atoms with Crippen LogP contribution < -0.4 is 15.0 Å². The average Bonchev–Trinajstić information content (AvgIpc) is 3.07. The zero-order chi connectivity index (χ0) is 22.5. The van der Waals surface area contributed by atoms with Gasteiger partial charge in [-0.15, -0.1) is 0 Å². The second kappa shape index (κ2) is 9.99. The van der Waals surface area contributed by atoms with Crippen molar-refractivity contribution in [3.05, 3.63) is 94.4 Å². The molecular formula is C24H17ClN2O3S2. The number of rotatable bonds is 6. The normalized spacial score (nSPS) is 14.7. The van der Waals surface area contributed by atoms with E-state index in [1.54, 1.807) is 60.7 Å². The van der Waals surface area contributed by atoms with Crippen molar-refractivity contribution in [2.75, 3.05) is 16.8 Å². The van der Waals surface area contributed by atoms with Crippen LogP contribution in [0, 0.1) is 0 Å². The molecule has 1 aliphatic heterocycles. The fourth-order valence-corrected chi connectivity index (χ4v) is 4.42. The first kappa shape index (κ1) is 22.1. The van der Waals surface area contributed by atoms with Gasteiger partial charge in [-0.05, 0) is 60.2 Å². The molecule has 0 atom stereocenters. The fourth-order valence-electron chi connectivity index (χ4n) is 2.99. The first-order valence-electron chi connectivity index (χ1n) is 9.61. The minimum atomic E-state index is -0.259. The van der Waals surface area contributed by atoms with Gasteiger partial charge in [-0.25, -0.2) is 0 Å². The minimum absolute atomic E-state index is 0.128. The second-order valence-electron chi connectivity index (χ2n) is 6.77. The van der Waals surface area contributed by atoms with Crippen LogP contribution in [-0.4, -0.2) is 22.7 Å². The summed E-state index contributed by atoms with van der Waals surface area (Å²) < 4.78 is 6.07. The molecular weight excluding hydrogens is 464 g/mol. The lowest BCUT2D eigenvalue weighted by molar-refractivity contribution is -0.118. The highest BCUT2D eigenvalue weighted by Crippen LogP contribution is 2.36. The number of carbonyl (C=O) groups is 2. The van der Waals surface area contributed by atoms with Crippen molar-refractivity contribution < 1.29 is 14.3 Å². The standard InChI is InChI=1S/C24H17ClN2O3S2/c25-17-9-11-19(12-10-17)27-23(29)21(32-24(27)31)14-16-5-4-8-20(13-16)30-15-22(28)26-18-6-2-1-3-7-18/h1-14H,15H2,(H,26,28)/b21-14-. The van der Waals surface area contributed by atoms with E-state index in [2.05, 4.69) is 5.32 Å². The SMILES string of the molecule is O=C(COc1cccc(/C=C2\SC(=S)N(c3ccc(Cl)cc3)C2=O)c1)Nc1ccccc1. The third-order valence-electron chi connectivity index (χ3n) is 4.46. The van der Waals surface area contributed by atoms with Crippen LogP contribution in [0.1, 0.15) is 5.56 Å². The lowest BCUT2D eigenvalue weighted by Crippen LogP contribution is -2.27. The highest BCUT2D eigenvalue weighted by molar-refractivity contribution is 8.27. The smallest absolute Gasteiger partial charge is 0.270 e. The molecule has 2 amide bonds. The van der Waals surface area contributed by atoms with E-state index in [-0.39, 0.29) is 18.4 Å². The number of benzene rings is 3. The molecule has 3 aromatic rings. The van der Waals surface area contributed by atoms with Crippen LogP contribution in [0.25, 0.3) is 6.08 Å². The van der Waals surface area contributed by atoms with Gasteiger partial charge in [0.2, 0.25) is 0 Å². The number of hydrogen-bond acceptors (Lipinski definition) is 5. The summed E-state index contributed by atoms with van der Waals surface area (Å²) in [5, 5.41) is 3.36. The van der Waals surface area contributed by atoms with E-state index in [9.17, 15) is 9.59 Å². The maximum absolute atomic E-state index is 12.9. The molecule has 1 saturated heterocycles. The van der Waals surface area contributed by atoms with Gasteiger partial charge in [-0.3, -0.25) is 14.5 Å². The van der Waals surface area contributed by atoms with Crippen LogP contribution in [0.3, 0.4) is 0 Å². The van der Waals surface area contributed by atoms with Crippen LogP contribution in [0.15, 0.2) is 83.8 Å². The maximum atomic E-state index is 12.9. The van der Waals surface area contributed by atoms with Gasteiger partial charge < -0.3 is 10.1 Å². The van der Waals surface area contributed by atoms with E-state index in [0.29, 0.717) is 31.4 Å². The summed E-state index contributed by atoms with van der Waals surface area (Å²) in [6.07, 6.45) is 1.76. The maximum Gasteiger partial charge on any atom is 0.270 e. The Bertz CT molecular complexity index is 1200. The van der Waals surface area contributed by atoms with Gasteiger partial charge >= 0.3 is 0 Å². The number of anilines is 2. The van der Waals surface area contributed by atoms with Crippen molar-refractivity contribution in [2.45, 2.75) is 0 Å². The number of thioether (sulfide) groups is 1. The minimum Gasteiger partial charge on any atom is -0.484 e. The number of halogens is 1. The molecule has 0 radical (unpaired) electrons. The topological polar surface area (TPSA) is 58.6 Å². The number of thiocarbonyl (C=S) groups is 1. The first-order chi connectivity index (χ1) is 15.5. The molecule has 0 aromatic heterocycles. The van der Waals surface area contributed by atoms with Gasteiger partial charge in [-0.1, -0.05) is 65.9 Å². The molecule has 160 valence electrons. The first-order valence-corrected chi connectivity index (χ1v) is 11.2. The Morgan fingerprint density at radius 1 is 1.06 bits per heavy atom. The highest BCUT2D eigenvalue weighted by Gasteiger charge is 2.33. The van der Waals surface area contributed by atoms with E-state index >= 15 is 0 Å². The summed E-state index contributed by atoms with van der Waals surface area (Å²) in [4.78, 5) is 27.0. The lowest BCUT2D eigenvalue weighted by Gasteiger charge is -2.14. The molecule has 1 fully saturated rings. The second-order valence-corrected chi connectivity index (χ2v) is 8.88. The van der Waals surface area contributed by atoms with Crippen molar-refractivity contribution in [3.63, 3.8) is 0 Å². The van der Waals surface area contributed by atoms with Crippen LogP contribution in [0.2, 0.25) is 5.02 Å².